The maximum atomic E-state index is 13.2. The van der Waals surface area contributed by atoms with Crippen LogP contribution < -0.4 is 4.90 Å². The third-order valence-corrected chi connectivity index (χ3v) is 6.09. The van der Waals surface area contributed by atoms with Gasteiger partial charge < -0.3 is 4.90 Å². The molecule has 1 atom stereocenters. The van der Waals surface area contributed by atoms with Crippen molar-refractivity contribution in [2.75, 3.05) is 4.90 Å². The minimum Gasteiger partial charge on any atom is -0.322 e. The van der Waals surface area contributed by atoms with Crippen LogP contribution in [0.4, 0.5) is 10.1 Å². The average Bonchev–Trinajstić information content (AvgIpc) is 3.40. The Morgan fingerprint density at radius 2 is 1.81 bits per heavy atom. The topological polar surface area (TPSA) is 57.7 Å². The first kappa shape index (κ1) is 17.9. The molecule has 0 spiro atoms. The Hall–Kier alpha value is -2.54. The smallest absolute Gasteiger partial charge is 0.264 e. The predicted molar refractivity (Wildman–Crippen MR) is 100 cm³/mol. The molecular weight excluding hydrogens is 367 g/mol. The highest BCUT2D eigenvalue weighted by molar-refractivity contribution is 7.12. The Morgan fingerprint density at radius 3 is 2.44 bits per heavy atom. The molecule has 0 N–H and O–H groups in total. The summed E-state index contributed by atoms with van der Waals surface area (Å²) < 4.78 is 13.2. The number of nitrogens with zero attached hydrogens (tertiary/aromatic N) is 2. The van der Waals surface area contributed by atoms with Gasteiger partial charge in [-0.2, -0.15) is 0 Å². The number of carbonyl (C=O) groups excluding carboxylic acids is 3. The third kappa shape index (κ3) is 3.27. The summed E-state index contributed by atoms with van der Waals surface area (Å²) in [6, 6.07) is 7.97. The van der Waals surface area contributed by atoms with Crippen LogP contribution in [0.15, 0.2) is 41.8 Å². The van der Waals surface area contributed by atoms with Crippen LogP contribution in [0.2, 0.25) is 0 Å². The van der Waals surface area contributed by atoms with Crippen molar-refractivity contribution in [3.8, 4) is 0 Å². The molecular formula is C20H19FN2O3S. The van der Waals surface area contributed by atoms with Crippen LogP contribution in [0.5, 0.6) is 0 Å². The van der Waals surface area contributed by atoms with Crippen molar-refractivity contribution >= 4 is 34.7 Å². The molecule has 1 unspecified atom stereocenters. The van der Waals surface area contributed by atoms with E-state index in [0.29, 0.717) is 10.6 Å². The first-order chi connectivity index (χ1) is 13.1. The van der Waals surface area contributed by atoms with Gasteiger partial charge in [0.15, 0.2) is 0 Å². The second-order valence-electron chi connectivity index (χ2n) is 6.89. The van der Waals surface area contributed by atoms with E-state index >= 15 is 0 Å². The molecule has 7 heteroatoms. The minimum atomic E-state index is -0.805. The fourth-order valence-corrected chi connectivity index (χ4v) is 4.63. The summed E-state index contributed by atoms with van der Waals surface area (Å²) in [6.07, 6.45) is 3.66. The van der Waals surface area contributed by atoms with Crippen LogP contribution in [-0.4, -0.2) is 34.7 Å². The van der Waals surface area contributed by atoms with Crippen molar-refractivity contribution in [2.45, 2.75) is 44.2 Å². The first-order valence-electron chi connectivity index (χ1n) is 9.05. The van der Waals surface area contributed by atoms with E-state index in [1.165, 1.54) is 35.6 Å². The highest BCUT2D eigenvalue weighted by atomic mass is 32.1. The molecule has 2 heterocycles. The number of benzene rings is 1. The Morgan fingerprint density at radius 1 is 1.11 bits per heavy atom. The Kier molecular flexibility index (Phi) is 4.78. The van der Waals surface area contributed by atoms with Gasteiger partial charge in [0.25, 0.3) is 11.8 Å². The van der Waals surface area contributed by atoms with Crippen LogP contribution in [0, 0.1) is 5.82 Å². The molecule has 1 saturated heterocycles. The number of thiophene rings is 1. The largest absolute Gasteiger partial charge is 0.322 e. The molecule has 0 radical (unpaired) electrons. The zero-order chi connectivity index (χ0) is 19.0. The van der Waals surface area contributed by atoms with Gasteiger partial charge in [-0.1, -0.05) is 18.9 Å². The summed E-state index contributed by atoms with van der Waals surface area (Å²) in [5.41, 5.74) is 0.337. The first-order valence-corrected chi connectivity index (χ1v) is 9.93. The van der Waals surface area contributed by atoms with Crippen molar-refractivity contribution in [3.63, 3.8) is 0 Å². The quantitative estimate of drug-likeness (QED) is 0.755. The normalized spacial score (nSPS) is 20.5. The summed E-state index contributed by atoms with van der Waals surface area (Å²) in [7, 11) is 0. The van der Waals surface area contributed by atoms with Gasteiger partial charge in [0.2, 0.25) is 5.91 Å². The monoisotopic (exact) mass is 386 g/mol. The zero-order valence-electron chi connectivity index (χ0n) is 14.6. The van der Waals surface area contributed by atoms with Gasteiger partial charge in [-0.25, -0.2) is 9.29 Å². The fraction of sp³-hybridized carbons (Fsp3) is 0.350. The number of imide groups is 1. The highest BCUT2D eigenvalue weighted by Gasteiger charge is 2.47. The summed E-state index contributed by atoms with van der Waals surface area (Å²) in [4.78, 5) is 42.1. The molecule has 140 valence electrons. The fourth-order valence-electron chi connectivity index (χ4n) is 3.97. The zero-order valence-corrected chi connectivity index (χ0v) is 15.5. The number of anilines is 1. The standard InChI is InChI=1S/C20H19FN2O3S/c21-13-7-9-15(10-8-13)23-18(24)12-16(19(23)25)22(14-4-1-2-5-14)20(26)17-6-3-11-27-17/h3,6-11,14,16H,1-2,4-5,12H2. The second kappa shape index (κ2) is 7.23. The Labute approximate surface area is 160 Å². The van der Waals surface area contributed by atoms with E-state index in [1.54, 1.807) is 17.0 Å². The number of hydrogen-bond donors (Lipinski definition) is 0. The SMILES string of the molecule is O=C1CC(N(C(=O)c2cccs2)C2CCCC2)C(=O)N1c1ccc(F)cc1. The van der Waals surface area contributed by atoms with Crippen molar-refractivity contribution < 1.29 is 18.8 Å². The molecule has 1 aromatic heterocycles. The van der Waals surface area contributed by atoms with Crippen LogP contribution in [-0.2, 0) is 9.59 Å². The maximum absolute atomic E-state index is 13.2. The van der Waals surface area contributed by atoms with Gasteiger partial charge in [0.1, 0.15) is 11.9 Å². The summed E-state index contributed by atoms with van der Waals surface area (Å²) in [6.45, 7) is 0. The lowest BCUT2D eigenvalue weighted by Crippen LogP contribution is -2.49. The van der Waals surface area contributed by atoms with Gasteiger partial charge in [0, 0.05) is 6.04 Å². The van der Waals surface area contributed by atoms with Crippen LogP contribution in [0.3, 0.4) is 0 Å². The van der Waals surface area contributed by atoms with Crippen LogP contribution in [0.1, 0.15) is 41.8 Å². The Bertz CT molecular complexity index is 860. The maximum Gasteiger partial charge on any atom is 0.264 e. The van der Waals surface area contributed by atoms with E-state index in [-0.39, 0.29) is 24.3 Å². The molecule has 5 nitrogen and oxygen atoms in total. The second-order valence-corrected chi connectivity index (χ2v) is 7.84. The summed E-state index contributed by atoms with van der Waals surface area (Å²) >= 11 is 1.34. The van der Waals surface area contributed by atoms with Gasteiger partial charge in [-0.05, 0) is 48.6 Å². The lowest BCUT2D eigenvalue weighted by molar-refractivity contribution is -0.123. The molecule has 2 aromatic rings. The third-order valence-electron chi connectivity index (χ3n) is 5.23. The number of halogens is 1. The number of rotatable bonds is 4. The average molecular weight is 386 g/mol. The van der Waals surface area contributed by atoms with E-state index in [2.05, 4.69) is 0 Å². The molecule has 4 rings (SSSR count). The van der Waals surface area contributed by atoms with E-state index in [1.807, 2.05) is 5.38 Å². The van der Waals surface area contributed by atoms with Gasteiger partial charge in [-0.15, -0.1) is 11.3 Å². The van der Waals surface area contributed by atoms with E-state index in [0.717, 1.165) is 30.6 Å². The van der Waals surface area contributed by atoms with Crippen molar-refractivity contribution in [3.05, 3.63) is 52.5 Å². The molecule has 27 heavy (non-hydrogen) atoms. The molecule has 2 fully saturated rings. The van der Waals surface area contributed by atoms with Gasteiger partial charge >= 0.3 is 0 Å². The number of hydrogen-bond acceptors (Lipinski definition) is 4. The highest BCUT2D eigenvalue weighted by Crippen LogP contribution is 2.33. The van der Waals surface area contributed by atoms with E-state index in [4.69, 9.17) is 0 Å². The minimum absolute atomic E-state index is 0.0329. The number of carbonyl (C=O) groups is 3. The van der Waals surface area contributed by atoms with Crippen molar-refractivity contribution in [2.24, 2.45) is 0 Å². The molecule has 1 aliphatic heterocycles. The number of amides is 3. The predicted octanol–water partition coefficient (Wildman–Crippen LogP) is 3.60. The van der Waals surface area contributed by atoms with Crippen LogP contribution >= 0.6 is 11.3 Å². The van der Waals surface area contributed by atoms with Crippen molar-refractivity contribution in [1.82, 2.24) is 4.90 Å². The van der Waals surface area contributed by atoms with Gasteiger partial charge in [-0.3, -0.25) is 14.4 Å². The van der Waals surface area contributed by atoms with E-state index in [9.17, 15) is 18.8 Å². The van der Waals surface area contributed by atoms with Crippen molar-refractivity contribution in [1.29, 1.82) is 0 Å². The summed E-state index contributed by atoms with van der Waals surface area (Å²) in [5.74, 6) is -1.40. The molecule has 0 bridgehead atoms. The molecule has 3 amide bonds. The molecule has 2 aliphatic rings. The molecule has 1 saturated carbocycles. The lowest BCUT2D eigenvalue weighted by Gasteiger charge is -2.32. The van der Waals surface area contributed by atoms with E-state index < -0.39 is 17.8 Å². The van der Waals surface area contributed by atoms with Crippen LogP contribution in [0.25, 0.3) is 0 Å². The molecule has 1 aromatic carbocycles. The van der Waals surface area contributed by atoms with Gasteiger partial charge in [0.05, 0.1) is 17.0 Å². The molecule has 1 aliphatic carbocycles. The lowest BCUT2D eigenvalue weighted by atomic mass is 10.1. The summed E-state index contributed by atoms with van der Waals surface area (Å²) in [5, 5.41) is 1.83. The Balaban J connectivity index is 1.66.